The highest BCUT2D eigenvalue weighted by Gasteiger charge is 2.30. The number of hydrogen-bond donors (Lipinski definition) is 0. The zero-order valence-corrected chi connectivity index (χ0v) is 38.4. The molecule has 0 fully saturated rings. The van der Waals surface area contributed by atoms with Gasteiger partial charge in [0.25, 0.3) is 0 Å². The van der Waals surface area contributed by atoms with Crippen LogP contribution < -0.4 is 0 Å². The van der Waals surface area contributed by atoms with E-state index in [1.807, 2.05) is 0 Å². The maximum atomic E-state index is 7.33. The molecule has 0 amide bonds. The van der Waals surface area contributed by atoms with E-state index in [0.29, 0.717) is 0 Å². The third-order valence-electron chi connectivity index (χ3n) is 12.0. The monoisotopic (exact) mass is 755 g/mol. The molecule has 0 radical (unpaired) electrons. The first-order valence-corrected chi connectivity index (χ1v) is 25.3. The molecule has 3 nitrogen and oxygen atoms in total. The van der Waals surface area contributed by atoms with Crippen molar-refractivity contribution in [1.82, 2.24) is 0 Å². The number of hydrogen-bond acceptors (Lipinski definition) is 3. The summed E-state index contributed by atoms with van der Waals surface area (Å²) in [6.45, 7) is 21.2. The molecule has 0 saturated carbocycles. The molecule has 6 atom stereocenters. The lowest BCUT2D eigenvalue weighted by atomic mass is 9.91. The topological polar surface area (TPSA) is 27.7 Å². The molecule has 0 bridgehead atoms. The Balaban J connectivity index is 6.48. The second kappa shape index (κ2) is 39.5. The molecule has 6 unspecified atom stereocenters. The highest BCUT2D eigenvalue weighted by atomic mass is 31.2. The first-order valence-electron chi connectivity index (χ1n) is 24.2. The Morgan fingerprint density at radius 3 is 0.769 bits per heavy atom. The average Bonchev–Trinajstić information content (AvgIpc) is 3.15. The Kier molecular flexibility index (Phi) is 39.8. The first kappa shape index (κ1) is 52.3. The smallest absolute Gasteiger partial charge is 0.309 e. The van der Waals surface area contributed by atoms with Gasteiger partial charge in [-0.2, -0.15) is 0 Å². The van der Waals surface area contributed by atoms with Crippen LogP contribution in [-0.2, 0) is 13.6 Å². The van der Waals surface area contributed by atoms with Crippen molar-refractivity contribution >= 4 is 8.60 Å². The van der Waals surface area contributed by atoms with Crippen molar-refractivity contribution in [3.63, 3.8) is 0 Å². The van der Waals surface area contributed by atoms with Gasteiger partial charge in [-0.15, -0.1) is 0 Å². The summed E-state index contributed by atoms with van der Waals surface area (Å²) >= 11 is 0. The third kappa shape index (κ3) is 30.5. The zero-order valence-electron chi connectivity index (χ0n) is 37.5. The van der Waals surface area contributed by atoms with Crippen LogP contribution in [0.1, 0.15) is 274 Å². The van der Waals surface area contributed by atoms with Crippen molar-refractivity contribution < 1.29 is 13.6 Å². The van der Waals surface area contributed by atoms with Gasteiger partial charge in [0.1, 0.15) is 0 Å². The van der Waals surface area contributed by atoms with E-state index in [9.17, 15) is 0 Å². The van der Waals surface area contributed by atoms with Crippen LogP contribution in [0.25, 0.3) is 0 Å². The van der Waals surface area contributed by atoms with Gasteiger partial charge in [0.15, 0.2) is 0 Å². The lowest BCUT2D eigenvalue weighted by Gasteiger charge is -2.33. The van der Waals surface area contributed by atoms with E-state index in [4.69, 9.17) is 13.6 Å². The van der Waals surface area contributed by atoms with Crippen molar-refractivity contribution in [3.8, 4) is 0 Å². The van der Waals surface area contributed by atoms with Gasteiger partial charge in [-0.1, -0.05) is 236 Å². The molecule has 0 aliphatic rings. The highest BCUT2D eigenvalue weighted by molar-refractivity contribution is 7.41. The normalized spacial score (nSPS) is 16.1. The molecule has 0 spiro atoms. The van der Waals surface area contributed by atoms with Crippen LogP contribution in [0.3, 0.4) is 0 Å². The summed E-state index contributed by atoms with van der Waals surface area (Å²) in [4.78, 5) is 0. The number of rotatable bonds is 42. The average molecular weight is 755 g/mol. The highest BCUT2D eigenvalue weighted by Crippen LogP contribution is 2.49. The van der Waals surface area contributed by atoms with Crippen molar-refractivity contribution in [2.45, 2.75) is 293 Å². The van der Waals surface area contributed by atoms with Crippen LogP contribution in [0.15, 0.2) is 0 Å². The van der Waals surface area contributed by atoms with Gasteiger partial charge in [-0.25, -0.2) is 0 Å². The molecule has 0 aromatic heterocycles. The van der Waals surface area contributed by atoms with Crippen LogP contribution in [-0.4, -0.2) is 18.3 Å². The minimum Gasteiger partial charge on any atom is -0.309 e. The van der Waals surface area contributed by atoms with Gasteiger partial charge in [-0.3, -0.25) is 0 Å². The lowest BCUT2D eigenvalue weighted by molar-refractivity contribution is 0.0341. The molecule has 0 aliphatic carbocycles. The van der Waals surface area contributed by atoms with Crippen LogP contribution in [0.5, 0.6) is 0 Å². The summed E-state index contributed by atoms with van der Waals surface area (Å²) in [7, 11) is -1.41. The summed E-state index contributed by atoms with van der Waals surface area (Å²) in [6.07, 6.45) is 43.1. The predicted octanol–water partition coefficient (Wildman–Crippen LogP) is 18.3. The molecule has 0 rings (SSSR count). The van der Waals surface area contributed by atoms with E-state index >= 15 is 0 Å². The van der Waals surface area contributed by atoms with Crippen LogP contribution in [0.4, 0.5) is 0 Å². The first-order chi connectivity index (χ1) is 25.4. The summed E-state index contributed by atoms with van der Waals surface area (Å²) in [5, 5.41) is 0. The summed E-state index contributed by atoms with van der Waals surface area (Å²) < 4.78 is 22.0. The molecule has 314 valence electrons. The molecule has 0 aliphatic heterocycles. The molecular weight excluding hydrogens is 655 g/mol. The third-order valence-corrected chi connectivity index (χ3v) is 13.4. The summed E-state index contributed by atoms with van der Waals surface area (Å²) in [5.74, 6) is 2.20. The van der Waals surface area contributed by atoms with Gasteiger partial charge < -0.3 is 13.6 Å². The van der Waals surface area contributed by atoms with Crippen molar-refractivity contribution in [2.24, 2.45) is 17.8 Å². The van der Waals surface area contributed by atoms with Gasteiger partial charge in [0, 0.05) is 0 Å². The molecule has 0 aromatic carbocycles. The van der Waals surface area contributed by atoms with Crippen molar-refractivity contribution in [1.29, 1.82) is 0 Å². The number of unbranched alkanes of at least 4 members (excludes halogenated alkanes) is 15. The van der Waals surface area contributed by atoms with Gasteiger partial charge in [0.2, 0.25) is 0 Å². The predicted molar refractivity (Wildman–Crippen MR) is 235 cm³/mol. The maximum Gasteiger partial charge on any atom is 0.333 e. The molecular formula is C48H99O3P. The largest absolute Gasteiger partial charge is 0.333 e. The van der Waals surface area contributed by atoms with E-state index in [2.05, 4.69) is 62.3 Å². The SMILES string of the molecule is CCCCCCCC(CC(CC)CCCC)OP(OC(CCCCCCC)CC(CC)CCCC)OC(CCCCCCC)CC(CC)CCCC. The Morgan fingerprint density at radius 1 is 0.288 bits per heavy atom. The molecule has 0 N–H and O–H groups in total. The molecule has 4 heteroatoms. The van der Waals surface area contributed by atoms with Gasteiger partial charge in [-0.05, 0) is 56.3 Å². The fourth-order valence-corrected chi connectivity index (χ4v) is 9.52. The second-order valence-electron chi connectivity index (χ2n) is 17.0. The van der Waals surface area contributed by atoms with Crippen molar-refractivity contribution in [2.75, 3.05) is 0 Å². The maximum absolute atomic E-state index is 7.33. The Labute approximate surface area is 331 Å². The second-order valence-corrected chi connectivity index (χ2v) is 18.1. The minimum absolute atomic E-state index is 0.245. The molecule has 0 heterocycles. The Hall–Kier alpha value is 0.310. The molecule has 0 aromatic rings. The van der Waals surface area contributed by atoms with Gasteiger partial charge in [0.05, 0.1) is 18.3 Å². The van der Waals surface area contributed by atoms with E-state index in [-0.39, 0.29) is 18.3 Å². The Bertz CT molecular complexity index is 598. The van der Waals surface area contributed by atoms with E-state index in [1.54, 1.807) is 0 Å². The lowest BCUT2D eigenvalue weighted by Crippen LogP contribution is -2.23. The van der Waals surface area contributed by atoms with Crippen LogP contribution >= 0.6 is 8.60 Å². The van der Waals surface area contributed by atoms with E-state index in [1.165, 1.54) is 193 Å². The standard InChI is InChI=1S/C48H99O3P/c1-10-19-25-28-31-37-46(40-43(16-7)34-22-13-4)49-52(50-47(38-32-29-26-20-11-2)41-44(17-8)35-23-14-5)51-48(39-33-30-27-21-12-3)42-45(18-9)36-24-15-6/h43-48H,10-42H2,1-9H3. The zero-order chi connectivity index (χ0) is 38.5. The summed E-state index contributed by atoms with van der Waals surface area (Å²) in [6, 6.07) is 0. The minimum atomic E-state index is -1.41. The molecule has 0 saturated heterocycles. The fraction of sp³-hybridized carbons (Fsp3) is 1.00. The van der Waals surface area contributed by atoms with Crippen molar-refractivity contribution in [3.05, 3.63) is 0 Å². The summed E-state index contributed by atoms with van der Waals surface area (Å²) in [5.41, 5.74) is 0. The Morgan fingerprint density at radius 2 is 0.538 bits per heavy atom. The quantitative estimate of drug-likeness (QED) is 0.0459. The van der Waals surface area contributed by atoms with Crippen LogP contribution in [0, 0.1) is 17.8 Å². The fourth-order valence-electron chi connectivity index (χ4n) is 8.07. The van der Waals surface area contributed by atoms with E-state index in [0.717, 1.165) is 37.0 Å². The van der Waals surface area contributed by atoms with Gasteiger partial charge >= 0.3 is 8.60 Å². The molecule has 52 heavy (non-hydrogen) atoms. The van der Waals surface area contributed by atoms with Crippen LogP contribution in [0.2, 0.25) is 0 Å². The van der Waals surface area contributed by atoms with E-state index < -0.39 is 8.60 Å².